The van der Waals surface area contributed by atoms with Gasteiger partial charge in [0.25, 0.3) is 0 Å². The van der Waals surface area contributed by atoms with Crippen LogP contribution in [0.5, 0.6) is 0 Å². The Morgan fingerprint density at radius 3 is 2.00 bits per heavy atom. The zero-order valence-corrected chi connectivity index (χ0v) is 12.8. The molecule has 1 heterocycles. The van der Waals surface area contributed by atoms with Crippen LogP contribution in [-0.4, -0.2) is 37.1 Å². The number of piperazine rings is 1. The maximum atomic E-state index is 12.9. The van der Waals surface area contributed by atoms with E-state index >= 15 is 0 Å². The zero-order valence-electron chi connectivity index (χ0n) is 12.8. The molecule has 2 nitrogen and oxygen atoms in total. The van der Waals surface area contributed by atoms with Crippen LogP contribution in [-0.2, 0) is 0 Å². The highest BCUT2D eigenvalue weighted by Crippen LogP contribution is 2.25. The summed E-state index contributed by atoms with van der Waals surface area (Å²) in [6.07, 6.45) is 5.58. The lowest BCUT2D eigenvalue weighted by Crippen LogP contribution is -2.49. The van der Waals surface area contributed by atoms with Gasteiger partial charge in [0.1, 0.15) is 5.82 Å². The van der Waals surface area contributed by atoms with Gasteiger partial charge in [0.2, 0.25) is 0 Å². The molecule has 112 valence electrons. The van der Waals surface area contributed by atoms with Crippen LogP contribution < -0.4 is 4.90 Å². The fraction of sp³-hybridized carbons (Fsp3) is 0.647. The highest BCUT2D eigenvalue weighted by molar-refractivity contribution is 5.46. The average molecular weight is 278 g/mol. The van der Waals surface area contributed by atoms with Crippen molar-refractivity contribution in [2.75, 3.05) is 31.1 Å². The van der Waals surface area contributed by atoms with Gasteiger partial charge in [0.15, 0.2) is 0 Å². The Hall–Kier alpha value is -1.09. The van der Waals surface area contributed by atoms with Crippen molar-refractivity contribution in [2.24, 2.45) is 0 Å². The van der Waals surface area contributed by atoms with Crippen molar-refractivity contribution in [3.63, 3.8) is 0 Å². The summed E-state index contributed by atoms with van der Waals surface area (Å²) in [6, 6.07) is 7.72. The van der Waals surface area contributed by atoms with E-state index in [1.54, 1.807) is 12.1 Å². The van der Waals surface area contributed by atoms with Crippen LogP contribution in [0.25, 0.3) is 0 Å². The third-order valence-corrected chi connectivity index (χ3v) is 4.35. The van der Waals surface area contributed by atoms with E-state index in [2.05, 4.69) is 9.80 Å². The molecule has 0 amide bonds. The molecule has 0 radical (unpaired) electrons. The van der Waals surface area contributed by atoms with Gasteiger partial charge in [0, 0.05) is 37.9 Å². The lowest BCUT2D eigenvalue weighted by molar-refractivity contribution is 0.187. The molecule has 0 spiro atoms. The molecule has 1 aliphatic carbocycles. The van der Waals surface area contributed by atoms with Crippen molar-refractivity contribution in [3.05, 3.63) is 30.1 Å². The second-order valence-electron chi connectivity index (χ2n) is 5.44. The first-order chi connectivity index (χ1) is 9.83. The lowest BCUT2D eigenvalue weighted by atomic mass is 10.1. The highest BCUT2D eigenvalue weighted by Gasteiger charge is 2.25. The standard InChI is InChI=1S/C15H21FN2.C2H6/c16-13-5-7-15(8-6-13)18-11-9-17(10-12-18)14-3-1-2-4-14;1-2/h5-8,14H,1-4,9-12H2;1-2H3. The molecule has 1 aromatic rings. The summed E-state index contributed by atoms with van der Waals surface area (Å²) in [7, 11) is 0. The van der Waals surface area contributed by atoms with Gasteiger partial charge in [-0.15, -0.1) is 0 Å². The van der Waals surface area contributed by atoms with Gasteiger partial charge < -0.3 is 4.90 Å². The Labute approximate surface area is 122 Å². The predicted molar refractivity (Wildman–Crippen MR) is 83.8 cm³/mol. The number of hydrogen-bond acceptors (Lipinski definition) is 2. The first-order valence-corrected chi connectivity index (χ1v) is 8.07. The SMILES string of the molecule is CC.Fc1ccc(N2CCN(C3CCCC3)CC2)cc1. The Morgan fingerprint density at radius 1 is 0.900 bits per heavy atom. The smallest absolute Gasteiger partial charge is 0.123 e. The molecule has 0 N–H and O–H groups in total. The minimum absolute atomic E-state index is 0.150. The Kier molecular flexibility index (Phi) is 5.84. The van der Waals surface area contributed by atoms with Gasteiger partial charge in [-0.2, -0.15) is 0 Å². The molecule has 1 aromatic carbocycles. The quantitative estimate of drug-likeness (QED) is 0.809. The molecule has 2 fully saturated rings. The van der Waals surface area contributed by atoms with E-state index in [4.69, 9.17) is 0 Å². The summed E-state index contributed by atoms with van der Waals surface area (Å²) >= 11 is 0. The van der Waals surface area contributed by atoms with E-state index in [0.29, 0.717) is 0 Å². The Morgan fingerprint density at radius 2 is 1.45 bits per heavy atom. The normalized spacial score (nSPS) is 20.6. The molecule has 1 aliphatic heterocycles. The minimum Gasteiger partial charge on any atom is -0.369 e. The maximum Gasteiger partial charge on any atom is 0.123 e. The molecular formula is C17H27FN2. The van der Waals surface area contributed by atoms with Gasteiger partial charge in [0.05, 0.1) is 0 Å². The largest absolute Gasteiger partial charge is 0.369 e. The Balaban J connectivity index is 0.000000704. The number of rotatable bonds is 2. The van der Waals surface area contributed by atoms with E-state index in [0.717, 1.165) is 37.9 Å². The first kappa shape index (κ1) is 15.3. The molecule has 1 saturated heterocycles. The van der Waals surface area contributed by atoms with Gasteiger partial charge >= 0.3 is 0 Å². The summed E-state index contributed by atoms with van der Waals surface area (Å²) in [6.45, 7) is 8.45. The molecule has 1 saturated carbocycles. The predicted octanol–water partition coefficient (Wildman–Crippen LogP) is 3.92. The fourth-order valence-corrected chi connectivity index (χ4v) is 3.27. The van der Waals surface area contributed by atoms with E-state index in [-0.39, 0.29) is 5.82 Å². The number of nitrogens with zero attached hydrogens (tertiary/aromatic N) is 2. The number of benzene rings is 1. The number of anilines is 1. The monoisotopic (exact) mass is 278 g/mol. The van der Waals surface area contributed by atoms with Crippen LogP contribution in [0.15, 0.2) is 24.3 Å². The van der Waals surface area contributed by atoms with Crippen LogP contribution in [0.1, 0.15) is 39.5 Å². The summed E-state index contributed by atoms with van der Waals surface area (Å²) in [4.78, 5) is 5.01. The molecule has 0 unspecified atom stereocenters. The second-order valence-corrected chi connectivity index (χ2v) is 5.44. The third-order valence-electron chi connectivity index (χ3n) is 4.35. The van der Waals surface area contributed by atoms with E-state index in [9.17, 15) is 4.39 Å². The third kappa shape index (κ3) is 3.72. The fourth-order valence-electron chi connectivity index (χ4n) is 3.27. The molecule has 3 rings (SSSR count). The van der Waals surface area contributed by atoms with Crippen LogP contribution >= 0.6 is 0 Å². The summed E-state index contributed by atoms with van der Waals surface area (Å²) < 4.78 is 12.9. The molecule has 0 aromatic heterocycles. The van der Waals surface area contributed by atoms with Crippen molar-refractivity contribution in [2.45, 2.75) is 45.6 Å². The van der Waals surface area contributed by atoms with Gasteiger partial charge in [-0.25, -0.2) is 4.39 Å². The Bertz CT molecular complexity index is 376. The van der Waals surface area contributed by atoms with Crippen LogP contribution in [0.3, 0.4) is 0 Å². The van der Waals surface area contributed by atoms with Gasteiger partial charge in [-0.3, -0.25) is 4.90 Å². The van der Waals surface area contributed by atoms with E-state index < -0.39 is 0 Å². The van der Waals surface area contributed by atoms with Crippen molar-refractivity contribution < 1.29 is 4.39 Å². The van der Waals surface area contributed by atoms with Crippen molar-refractivity contribution in [1.82, 2.24) is 4.90 Å². The van der Waals surface area contributed by atoms with Crippen LogP contribution in [0.2, 0.25) is 0 Å². The average Bonchev–Trinajstić information content (AvgIpc) is 3.05. The molecule has 0 atom stereocenters. The molecular weight excluding hydrogens is 251 g/mol. The van der Waals surface area contributed by atoms with Gasteiger partial charge in [-0.1, -0.05) is 26.7 Å². The number of hydrogen-bond donors (Lipinski definition) is 0. The van der Waals surface area contributed by atoms with Crippen molar-refractivity contribution >= 4 is 5.69 Å². The van der Waals surface area contributed by atoms with Crippen molar-refractivity contribution in [1.29, 1.82) is 0 Å². The molecule has 20 heavy (non-hydrogen) atoms. The van der Waals surface area contributed by atoms with Crippen molar-refractivity contribution in [3.8, 4) is 0 Å². The minimum atomic E-state index is -0.150. The second kappa shape index (κ2) is 7.63. The molecule has 2 aliphatic rings. The molecule has 0 bridgehead atoms. The van der Waals surface area contributed by atoms with Crippen LogP contribution in [0.4, 0.5) is 10.1 Å². The lowest BCUT2D eigenvalue weighted by Gasteiger charge is -2.39. The topological polar surface area (TPSA) is 6.48 Å². The summed E-state index contributed by atoms with van der Waals surface area (Å²) in [5.41, 5.74) is 1.16. The van der Waals surface area contributed by atoms with E-state index in [1.165, 1.54) is 25.7 Å². The first-order valence-electron chi connectivity index (χ1n) is 8.07. The zero-order chi connectivity index (χ0) is 14.4. The van der Waals surface area contributed by atoms with Gasteiger partial charge in [-0.05, 0) is 37.1 Å². The molecule has 3 heteroatoms. The summed E-state index contributed by atoms with van der Waals surface area (Å²) in [5.74, 6) is -0.150. The van der Waals surface area contributed by atoms with E-state index in [1.807, 2.05) is 26.0 Å². The summed E-state index contributed by atoms with van der Waals surface area (Å²) in [5, 5.41) is 0. The highest BCUT2D eigenvalue weighted by atomic mass is 19.1. The maximum absolute atomic E-state index is 12.9. The van der Waals surface area contributed by atoms with Crippen LogP contribution in [0, 0.1) is 5.82 Å². The number of halogens is 1.